The number of thiophene rings is 1. The van der Waals surface area contributed by atoms with Gasteiger partial charge < -0.3 is 5.32 Å². The minimum Gasteiger partial charge on any atom is -0.339 e. The van der Waals surface area contributed by atoms with E-state index in [1.54, 1.807) is 11.3 Å². The van der Waals surface area contributed by atoms with Crippen molar-refractivity contribution < 1.29 is 0 Å². The van der Waals surface area contributed by atoms with Crippen molar-refractivity contribution in [1.82, 2.24) is 20.2 Å². The van der Waals surface area contributed by atoms with Crippen molar-refractivity contribution in [2.24, 2.45) is 0 Å². The molecule has 0 amide bonds. The van der Waals surface area contributed by atoms with Gasteiger partial charge in [-0.3, -0.25) is 5.10 Å². The van der Waals surface area contributed by atoms with E-state index in [1.807, 2.05) is 12.1 Å². The van der Waals surface area contributed by atoms with E-state index in [2.05, 4.69) is 70.1 Å². The molecule has 5 nitrogen and oxygen atoms in total. The maximum absolute atomic E-state index is 5.02. The van der Waals surface area contributed by atoms with Gasteiger partial charge in [0, 0.05) is 26.7 Å². The molecule has 0 saturated heterocycles. The summed E-state index contributed by atoms with van der Waals surface area (Å²) in [4.78, 5) is 9.34. The van der Waals surface area contributed by atoms with Crippen LogP contribution in [0.1, 0.15) is 11.1 Å². The Balaban J connectivity index is 1.79. The van der Waals surface area contributed by atoms with Gasteiger partial charge in [0.25, 0.3) is 0 Å². The van der Waals surface area contributed by atoms with E-state index in [0.29, 0.717) is 0 Å². The zero-order chi connectivity index (χ0) is 18.4. The Labute approximate surface area is 160 Å². The maximum Gasteiger partial charge on any atom is 0.157 e. The lowest BCUT2D eigenvalue weighted by molar-refractivity contribution is 1.10. The highest BCUT2D eigenvalue weighted by atomic mass is 32.1. The van der Waals surface area contributed by atoms with Crippen LogP contribution in [-0.2, 0) is 0 Å². The van der Waals surface area contributed by atoms with Crippen molar-refractivity contribution >= 4 is 43.8 Å². The normalized spacial score (nSPS) is 11.3. The van der Waals surface area contributed by atoms with Gasteiger partial charge >= 0.3 is 0 Å². The molecule has 2 aromatic carbocycles. The van der Waals surface area contributed by atoms with Gasteiger partial charge in [-0.25, -0.2) is 9.97 Å². The third kappa shape index (κ3) is 2.57. The molecule has 2 N–H and O–H groups in total. The van der Waals surface area contributed by atoms with Crippen LogP contribution in [0.4, 0.5) is 11.5 Å². The van der Waals surface area contributed by atoms with E-state index >= 15 is 0 Å². The number of pyridine rings is 1. The second-order valence-electron chi connectivity index (χ2n) is 6.55. The first-order chi connectivity index (χ1) is 13.2. The molecule has 132 valence electrons. The highest BCUT2D eigenvalue weighted by Crippen LogP contribution is 2.38. The SMILES string of the molecule is Cc1cccc(C)c1Nc1nc2c(-c3ncn[nH]3)cccc2c2sccc12. The number of aromatic nitrogens is 4. The standard InChI is InChI=1S/C21H17N5S/c1-12-5-3-6-13(2)17(12)24-21-16-9-10-27-19(16)14-7-4-8-15(18(14)25-21)20-22-11-23-26-20/h3-11H,1-2H3,(H,24,25)(H,22,23,26). The summed E-state index contributed by atoms with van der Waals surface area (Å²) < 4.78 is 1.22. The van der Waals surface area contributed by atoms with Gasteiger partial charge in [-0.2, -0.15) is 5.10 Å². The number of aromatic amines is 1. The summed E-state index contributed by atoms with van der Waals surface area (Å²) >= 11 is 1.73. The number of fused-ring (bicyclic) bond motifs is 3. The van der Waals surface area contributed by atoms with Crippen LogP contribution in [0.3, 0.4) is 0 Å². The highest BCUT2D eigenvalue weighted by Gasteiger charge is 2.15. The molecule has 0 bridgehead atoms. The summed E-state index contributed by atoms with van der Waals surface area (Å²) in [5.74, 6) is 1.59. The quantitative estimate of drug-likeness (QED) is 0.433. The number of nitrogens with one attached hydrogen (secondary N) is 2. The average molecular weight is 371 g/mol. The number of nitrogens with zero attached hydrogens (tertiary/aromatic N) is 3. The molecular formula is C21H17N5S. The molecule has 5 aromatic rings. The Morgan fingerprint density at radius 3 is 2.56 bits per heavy atom. The van der Waals surface area contributed by atoms with E-state index in [4.69, 9.17) is 4.98 Å². The molecule has 5 rings (SSSR count). The number of H-pyrrole nitrogens is 1. The van der Waals surface area contributed by atoms with Crippen molar-refractivity contribution in [3.8, 4) is 11.4 Å². The zero-order valence-electron chi connectivity index (χ0n) is 14.9. The third-order valence-electron chi connectivity index (χ3n) is 4.82. The van der Waals surface area contributed by atoms with Crippen LogP contribution in [-0.4, -0.2) is 20.2 Å². The lowest BCUT2D eigenvalue weighted by Crippen LogP contribution is -1.99. The van der Waals surface area contributed by atoms with Crippen LogP contribution in [0.15, 0.2) is 54.2 Å². The summed E-state index contributed by atoms with van der Waals surface area (Å²) in [6, 6.07) is 14.6. The molecule has 3 aromatic heterocycles. The Morgan fingerprint density at radius 1 is 0.963 bits per heavy atom. The number of hydrogen-bond donors (Lipinski definition) is 2. The molecule has 0 atom stereocenters. The molecule has 0 saturated carbocycles. The molecule has 0 radical (unpaired) electrons. The second-order valence-corrected chi connectivity index (χ2v) is 7.47. The fourth-order valence-corrected chi connectivity index (χ4v) is 4.40. The van der Waals surface area contributed by atoms with Crippen molar-refractivity contribution in [1.29, 1.82) is 0 Å². The molecule has 0 aliphatic carbocycles. The van der Waals surface area contributed by atoms with Crippen molar-refractivity contribution in [2.75, 3.05) is 5.32 Å². The predicted molar refractivity (Wildman–Crippen MR) is 112 cm³/mol. The lowest BCUT2D eigenvalue weighted by atomic mass is 10.1. The van der Waals surface area contributed by atoms with Crippen molar-refractivity contribution in [2.45, 2.75) is 13.8 Å². The predicted octanol–water partition coefficient (Wildman–Crippen LogP) is 5.60. The lowest BCUT2D eigenvalue weighted by Gasteiger charge is -2.14. The van der Waals surface area contributed by atoms with E-state index in [0.717, 1.165) is 39.2 Å². The largest absolute Gasteiger partial charge is 0.339 e. The van der Waals surface area contributed by atoms with Gasteiger partial charge in [0.05, 0.1) is 5.52 Å². The van der Waals surface area contributed by atoms with Gasteiger partial charge in [0.1, 0.15) is 12.1 Å². The van der Waals surface area contributed by atoms with E-state index in [1.165, 1.54) is 22.2 Å². The van der Waals surface area contributed by atoms with Gasteiger partial charge in [0.15, 0.2) is 5.82 Å². The molecule has 0 unspecified atom stereocenters. The topological polar surface area (TPSA) is 66.5 Å². The molecule has 27 heavy (non-hydrogen) atoms. The van der Waals surface area contributed by atoms with Gasteiger partial charge in [-0.15, -0.1) is 11.3 Å². The minimum atomic E-state index is 0.724. The third-order valence-corrected chi connectivity index (χ3v) is 5.77. The Morgan fingerprint density at radius 2 is 1.78 bits per heavy atom. The van der Waals surface area contributed by atoms with Crippen LogP contribution in [0.25, 0.3) is 32.4 Å². The van der Waals surface area contributed by atoms with Crippen LogP contribution in [0, 0.1) is 13.8 Å². The van der Waals surface area contributed by atoms with Gasteiger partial charge in [0.2, 0.25) is 0 Å². The van der Waals surface area contributed by atoms with Crippen LogP contribution >= 0.6 is 11.3 Å². The maximum atomic E-state index is 5.02. The number of benzene rings is 2. The van der Waals surface area contributed by atoms with Gasteiger partial charge in [-0.05, 0) is 42.5 Å². The summed E-state index contributed by atoms with van der Waals surface area (Å²) in [6.45, 7) is 4.22. The first-order valence-electron chi connectivity index (χ1n) is 8.71. The summed E-state index contributed by atoms with van der Waals surface area (Å²) in [5.41, 5.74) is 5.37. The molecule has 3 heterocycles. The van der Waals surface area contributed by atoms with Gasteiger partial charge in [-0.1, -0.05) is 30.3 Å². The van der Waals surface area contributed by atoms with Crippen LogP contribution in [0.2, 0.25) is 0 Å². The first kappa shape index (κ1) is 16.0. The number of hydrogen-bond acceptors (Lipinski definition) is 5. The number of anilines is 2. The molecule has 0 spiro atoms. The molecule has 0 aliphatic heterocycles. The first-order valence-corrected chi connectivity index (χ1v) is 9.59. The zero-order valence-corrected chi connectivity index (χ0v) is 15.8. The Hall–Kier alpha value is -3.25. The average Bonchev–Trinajstić information content (AvgIpc) is 3.36. The summed E-state index contributed by atoms with van der Waals surface area (Å²) in [5, 5.41) is 14.9. The van der Waals surface area contributed by atoms with E-state index in [9.17, 15) is 0 Å². The molecule has 6 heteroatoms. The molecule has 0 fully saturated rings. The molecule has 0 aliphatic rings. The Kier molecular flexibility index (Phi) is 3.65. The minimum absolute atomic E-state index is 0.724. The highest BCUT2D eigenvalue weighted by molar-refractivity contribution is 7.18. The monoisotopic (exact) mass is 371 g/mol. The number of rotatable bonds is 3. The van der Waals surface area contributed by atoms with Crippen molar-refractivity contribution in [3.63, 3.8) is 0 Å². The molecular weight excluding hydrogens is 354 g/mol. The van der Waals surface area contributed by atoms with E-state index in [-0.39, 0.29) is 0 Å². The smallest absolute Gasteiger partial charge is 0.157 e. The summed E-state index contributed by atoms with van der Waals surface area (Å²) in [7, 11) is 0. The van der Waals surface area contributed by atoms with Crippen LogP contribution in [0.5, 0.6) is 0 Å². The van der Waals surface area contributed by atoms with E-state index < -0.39 is 0 Å². The number of para-hydroxylation sites is 2. The van der Waals surface area contributed by atoms with Crippen LogP contribution < -0.4 is 5.32 Å². The second kappa shape index (κ2) is 6.17. The van der Waals surface area contributed by atoms with Crippen molar-refractivity contribution in [3.05, 3.63) is 65.3 Å². The summed E-state index contributed by atoms with van der Waals surface area (Å²) in [6.07, 6.45) is 1.52. The fraction of sp³-hybridized carbons (Fsp3) is 0.0952. The fourth-order valence-electron chi connectivity index (χ4n) is 3.48. The Bertz CT molecular complexity index is 1250. The number of aryl methyl sites for hydroxylation is 2.